The maximum Gasteiger partial charge on any atom is 0.220 e. The maximum atomic E-state index is 11.8. The average molecular weight is 338 g/mol. The van der Waals surface area contributed by atoms with Crippen LogP contribution >= 0.6 is 15.9 Å². The molecule has 0 aliphatic heterocycles. The highest BCUT2D eigenvalue weighted by Gasteiger charge is 2.49. The van der Waals surface area contributed by atoms with Gasteiger partial charge in [-0.2, -0.15) is 0 Å². The lowest BCUT2D eigenvalue weighted by atomic mass is 9.89. The molecule has 1 N–H and O–H groups in total. The molecule has 0 aromatic heterocycles. The van der Waals surface area contributed by atoms with E-state index in [9.17, 15) is 9.59 Å². The number of Topliss-reactive ketones (excluding diaryl/α,β-unsaturated/α-hetero) is 1. The minimum atomic E-state index is -0.0314. The lowest BCUT2D eigenvalue weighted by Gasteiger charge is -2.25. The van der Waals surface area contributed by atoms with Gasteiger partial charge < -0.3 is 10.1 Å². The first-order valence-corrected chi connectivity index (χ1v) is 7.78. The Morgan fingerprint density at radius 3 is 2.35 bits per heavy atom. The molecule has 1 aliphatic carbocycles. The van der Waals surface area contributed by atoms with Crippen LogP contribution in [0.5, 0.6) is 0 Å². The second-order valence-electron chi connectivity index (χ2n) is 5.65. The highest BCUT2D eigenvalue weighted by molar-refractivity contribution is 9.10. The van der Waals surface area contributed by atoms with Crippen LogP contribution in [0.15, 0.2) is 28.7 Å². The summed E-state index contributed by atoms with van der Waals surface area (Å²) in [5, 5.41) is 3.05. The van der Waals surface area contributed by atoms with Gasteiger partial charge in [-0.25, -0.2) is 0 Å². The van der Waals surface area contributed by atoms with Crippen molar-refractivity contribution in [3.05, 3.63) is 34.3 Å². The molecule has 20 heavy (non-hydrogen) atoms. The molecular formula is C16H20BrNO2. The number of benzene rings is 1. The number of nitrogens with one attached hydrogen (secondary N) is 1. The Morgan fingerprint density at radius 1 is 1.25 bits per heavy atom. The van der Waals surface area contributed by atoms with Crippen molar-refractivity contribution in [1.82, 2.24) is 5.32 Å². The number of rotatable bonds is 6. The predicted octanol–water partition coefficient (Wildman–Crippen LogP) is 3.35. The number of carbonyl (C=O) groups is 2. The van der Waals surface area contributed by atoms with Crippen LogP contribution in [0.1, 0.15) is 45.1 Å². The van der Waals surface area contributed by atoms with Crippen molar-refractivity contribution in [2.45, 2.75) is 51.0 Å². The van der Waals surface area contributed by atoms with Crippen LogP contribution in [0.4, 0.5) is 0 Å². The highest BCUT2D eigenvalue weighted by atomic mass is 79.9. The summed E-state index contributed by atoms with van der Waals surface area (Å²) in [6.07, 6.45) is 2.81. The number of hydrogen-bond donors (Lipinski definition) is 1. The van der Waals surface area contributed by atoms with Crippen LogP contribution in [0, 0.1) is 0 Å². The average Bonchev–Trinajstić information content (AvgIpc) is 3.18. The van der Waals surface area contributed by atoms with E-state index in [0.717, 1.165) is 17.3 Å². The molecule has 0 saturated heterocycles. The molecule has 3 nitrogen and oxygen atoms in total. The molecule has 2 rings (SSSR count). The van der Waals surface area contributed by atoms with Crippen molar-refractivity contribution in [2.75, 3.05) is 0 Å². The Labute approximate surface area is 128 Å². The van der Waals surface area contributed by atoms with Crippen LogP contribution < -0.4 is 5.32 Å². The van der Waals surface area contributed by atoms with Crippen molar-refractivity contribution in [3.8, 4) is 0 Å². The zero-order valence-corrected chi connectivity index (χ0v) is 13.5. The van der Waals surface area contributed by atoms with Crippen molar-refractivity contribution in [3.63, 3.8) is 0 Å². The molecule has 1 aliphatic rings. The molecule has 1 unspecified atom stereocenters. The summed E-state index contributed by atoms with van der Waals surface area (Å²) in [6.45, 7) is 3.57. The number of halogens is 1. The van der Waals surface area contributed by atoms with Gasteiger partial charge in [0.05, 0.1) is 0 Å². The SMILES string of the molecule is CC(=O)CCC(=O)NC(C)C1(c2ccc(Br)cc2)CC1. The standard InChI is InChI=1S/C16H20BrNO2/c1-11(19)3-8-15(20)18-12(2)16(9-10-16)13-4-6-14(17)7-5-13/h4-7,12H,3,8-10H2,1-2H3,(H,18,20). The number of amides is 1. The third kappa shape index (κ3) is 3.48. The number of carbonyl (C=O) groups excluding carboxylic acids is 2. The first-order chi connectivity index (χ1) is 9.44. The minimum Gasteiger partial charge on any atom is -0.353 e. The van der Waals surface area contributed by atoms with E-state index in [1.54, 1.807) is 0 Å². The van der Waals surface area contributed by atoms with Crippen molar-refractivity contribution in [2.24, 2.45) is 0 Å². The minimum absolute atomic E-state index is 0.0314. The largest absolute Gasteiger partial charge is 0.353 e. The van der Waals surface area contributed by atoms with Crippen molar-refractivity contribution >= 4 is 27.6 Å². The molecule has 108 valence electrons. The van der Waals surface area contributed by atoms with Gasteiger partial charge in [-0.15, -0.1) is 0 Å². The second-order valence-corrected chi connectivity index (χ2v) is 6.57. The van der Waals surface area contributed by atoms with Crippen LogP contribution in [-0.4, -0.2) is 17.7 Å². The Balaban J connectivity index is 1.98. The summed E-state index contributed by atoms with van der Waals surface area (Å²) in [4.78, 5) is 22.8. The topological polar surface area (TPSA) is 46.2 Å². The predicted molar refractivity (Wildman–Crippen MR) is 82.6 cm³/mol. The summed E-state index contributed by atoms with van der Waals surface area (Å²) in [5.41, 5.74) is 1.35. The number of ketones is 1. The maximum absolute atomic E-state index is 11.8. The smallest absolute Gasteiger partial charge is 0.220 e. The lowest BCUT2D eigenvalue weighted by molar-refractivity contribution is -0.125. The van der Waals surface area contributed by atoms with E-state index in [4.69, 9.17) is 0 Å². The molecule has 0 radical (unpaired) electrons. The van der Waals surface area contributed by atoms with Gasteiger partial charge in [0.1, 0.15) is 5.78 Å². The summed E-state index contributed by atoms with van der Waals surface area (Å²) in [6, 6.07) is 8.42. The van der Waals surface area contributed by atoms with Gasteiger partial charge in [0.2, 0.25) is 5.91 Å². The molecule has 1 atom stereocenters. The highest BCUT2D eigenvalue weighted by Crippen LogP contribution is 2.51. The van der Waals surface area contributed by atoms with Crippen LogP contribution in [0.2, 0.25) is 0 Å². The van der Waals surface area contributed by atoms with Gasteiger partial charge in [-0.1, -0.05) is 28.1 Å². The van der Waals surface area contributed by atoms with Crippen LogP contribution in [0.25, 0.3) is 0 Å². The fourth-order valence-corrected chi connectivity index (χ4v) is 2.89. The van der Waals surface area contributed by atoms with Gasteiger partial charge in [0.15, 0.2) is 0 Å². The molecule has 4 heteroatoms. The Hall–Kier alpha value is -1.16. The summed E-state index contributed by atoms with van der Waals surface area (Å²) < 4.78 is 1.06. The van der Waals surface area contributed by atoms with E-state index < -0.39 is 0 Å². The van der Waals surface area contributed by atoms with Crippen molar-refractivity contribution in [1.29, 1.82) is 0 Å². The van der Waals surface area contributed by atoms with Gasteiger partial charge in [-0.3, -0.25) is 4.79 Å². The lowest BCUT2D eigenvalue weighted by Crippen LogP contribution is -2.41. The summed E-state index contributed by atoms with van der Waals surface area (Å²) in [7, 11) is 0. The quantitative estimate of drug-likeness (QED) is 0.865. The van der Waals surface area contributed by atoms with Gasteiger partial charge in [-0.05, 0) is 44.4 Å². The third-order valence-electron chi connectivity index (χ3n) is 4.12. The van der Waals surface area contributed by atoms with E-state index in [1.165, 1.54) is 12.5 Å². The van der Waals surface area contributed by atoms with E-state index in [1.807, 2.05) is 12.1 Å². The van der Waals surface area contributed by atoms with E-state index in [0.29, 0.717) is 6.42 Å². The molecular weight excluding hydrogens is 318 g/mol. The Kier molecular flexibility index (Phi) is 4.63. The molecule has 1 fully saturated rings. The van der Waals surface area contributed by atoms with Gasteiger partial charge >= 0.3 is 0 Å². The molecule has 0 heterocycles. The zero-order valence-electron chi connectivity index (χ0n) is 11.9. The number of hydrogen-bond acceptors (Lipinski definition) is 2. The van der Waals surface area contributed by atoms with Gasteiger partial charge in [0.25, 0.3) is 0 Å². The fraction of sp³-hybridized carbons (Fsp3) is 0.500. The molecule has 0 bridgehead atoms. The zero-order chi connectivity index (χ0) is 14.8. The molecule has 1 saturated carbocycles. The first-order valence-electron chi connectivity index (χ1n) is 6.99. The third-order valence-corrected chi connectivity index (χ3v) is 4.65. The van der Waals surface area contributed by atoms with Crippen molar-refractivity contribution < 1.29 is 9.59 Å². The second kappa shape index (κ2) is 6.08. The monoisotopic (exact) mass is 337 g/mol. The van der Waals surface area contributed by atoms with E-state index in [2.05, 4.69) is 40.3 Å². The summed E-state index contributed by atoms with van der Waals surface area (Å²) >= 11 is 3.44. The Morgan fingerprint density at radius 2 is 1.85 bits per heavy atom. The molecule has 1 amide bonds. The first kappa shape index (κ1) is 15.2. The van der Waals surface area contributed by atoms with Gasteiger partial charge in [0, 0.05) is 28.8 Å². The van der Waals surface area contributed by atoms with Crippen LogP contribution in [-0.2, 0) is 15.0 Å². The normalized spacial score (nSPS) is 17.4. The molecule has 1 aromatic rings. The van der Waals surface area contributed by atoms with E-state index >= 15 is 0 Å². The fourth-order valence-electron chi connectivity index (χ4n) is 2.63. The summed E-state index contributed by atoms with van der Waals surface area (Å²) in [5.74, 6) is 0.0259. The molecule has 1 aromatic carbocycles. The Bertz CT molecular complexity index is 506. The van der Waals surface area contributed by atoms with E-state index in [-0.39, 0.29) is 29.6 Å². The molecule has 0 spiro atoms. The van der Waals surface area contributed by atoms with Crippen LogP contribution in [0.3, 0.4) is 0 Å².